The van der Waals surface area contributed by atoms with Gasteiger partial charge in [0.1, 0.15) is 18.8 Å². The molecular weight excluding hydrogens is 480 g/mol. The first-order valence-electron chi connectivity index (χ1n) is 11.2. The number of imide groups is 1. The van der Waals surface area contributed by atoms with Gasteiger partial charge in [-0.15, -0.1) is 0 Å². The van der Waals surface area contributed by atoms with E-state index in [4.69, 9.17) is 14.2 Å². The fourth-order valence-corrected chi connectivity index (χ4v) is 4.60. The molecule has 0 aromatic heterocycles. The van der Waals surface area contributed by atoms with Crippen molar-refractivity contribution in [3.63, 3.8) is 0 Å². The van der Waals surface area contributed by atoms with Gasteiger partial charge in [-0.25, -0.2) is 9.59 Å². The third kappa shape index (κ3) is 5.35. The molecule has 5 atom stereocenters. The summed E-state index contributed by atoms with van der Waals surface area (Å²) in [6.45, 7) is 1.18. The number of Topliss-reactive ketones (excluding diaryl/α,β-unsaturated/α-hetero) is 1. The van der Waals surface area contributed by atoms with Gasteiger partial charge in [-0.1, -0.05) is 0 Å². The van der Waals surface area contributed by atoms with Crippen molar-refractivity contribution in [2.24, 2.45) is 11.8 Å². The van der Waals surface area contributed by atoms with Crippen LogP contribution in [0.25, 0.3) is 0 Å². The highest BCUT2D eigenvalue weighted by Crippen LogP contribution is 2.41. The Bertz CT molecular complexity index is 1050. The number of nitro groups is 1. The molecule has 1 aliphatic heterocycles. The number of nitro benzene ring substituents is 1. The first kappa shape index (κ1) is 26.7. The van der Waals surface area contributed by atoms with Crippen LogP contribution in [0, 0.1) is 22.0 Å². The van der Waals surface area contributed by atoms with Crippen LogP contribution in [0.5, 0.6) is 0 Å². The van der Waals surface area contributed by atoms with Crippen LogP contribution in [-0.2, 0) is 44.7 Å². The van der Waals surface area contributed by atoms with E-state index in [-0.39, 0.29) is 18.1 Å². The van der Waals surface area contributed by atoms with E-state index in [0.29, 0.717) is 29.7 Å². The van der Waals surface area contributed by atoms with Crippen LogP contribution in [0.4, 0.5) is 10.5 Å². The number of amides is 2. The number of esters is 1. The fourth-order valence-electron chi connectivity index (χ4n) is 4.60. The lowest BCUT2D eigenvalue weighted by Gasteiger charge is -2.50. The van der Waals surface area contributed by atoms with Crippen molar-refractivity contribution in [1.82, 2.24) is 4.90 Å². The molecule has 0 radical (unpaired) electrons. The van der Waals surface area contributed by atoms with Gasteiger partial charge in [-0.2, -0.15) is 0 Å². The van der Waals surface area contributed by atoms with Gasteiger partial charge in [0, 0.05) is 25.2 Å². The first-order chi connectivity index (χ1) is 17.1. The molecule has 1 aliphatic carbocycles. The molecule has 1 saturated carbocycles. The summed E-state index contributed by atoms with van der Waals surface area (Å²) in [4.78, 5) is 73.3. The van der Waals surface area contributed by atoms with Gasteiger partial charge in [0.25, 0.3) is 5.69 Å². The van der Waals surface area contributed by atoms with E-state index in [1.165, 1.54) is 38.3 Å². The van der Waals surface area contributed by atoms with Crippen LogP contribution in [0.1, 0.15) is 31.7 Å². The minimum atomic E-state index is -1.26. The molecule has 2 fully saturated rings. The molecule has 13 nitrogen and oxygen atoms in total. The maximum atomic E-state index is 13.0. The number of carbonyl (C=O) groups is 5. The number of hydrogen-bond acceptors (Lipinski definition) is 11. The minimum absolute atomic E-state index is 0.122. The van der Waals surface area contributed by atoms with Gasteiger partial charge in [-0.05, 0) is 43.9 Å². The molecule has 13 heteroatoms. The zero-order valence-electron chi connectivity index (χ0n) is 19.9. The quantitative estimate of drug-likeness (QED) is 0.173. The summed E-state index contributed by atoms with van der Waals surface area (Å²) in [5.41, 5.74) is 0.347. The molecule has 1 aromatic rings. The van der Waals surface area contributed by atoms with Gasteiger partial charge in [-0.3, -0.25) is 29.4 Å². The molecule has 194 valence electrons. The van der Waals surface area contributed by atoms with Crippen LogP contribution in [0.15, 0.2) is 24.3 Å². The second kappa shape index (κ2) is 11.2. The van der Waals surface area contributed by atoms with Crippen molar-refractivity contribution in [2.75, 3.05) is 14.2 Å². The third-order valence-electron chi connectivity index (χ3n) is 6.42. The number of carbonyl (C=O) groups excluding carboxylic acids is 5. The number of nitrogens with zero attached hydrogens (tertiary/aromatic N) is 2. The number of ketones is 1. The average molecular weight is 506 g/mol. The van der Waals surface area contributed by atoms with E-state index in [2.05, 4.69) is 4.74 Å². The number of β-lactam (4-membered cyclic amide) rings is 1. The molecule has 0 unspecified atom stereocenters. The van der Waals surface area contributed by atoms with Crippen molar-refractivity contribution in [3.05, 3.63) is 39.9 Å². The predicted octanol–water partition coefficient (Wildman–Crippen LogP) is 1.55. The van der Waals surface area contributed by atoms with Crippen molar-refractivity contribution >= 4 is 35.4 Å². The highest BCUT2D eigenvalue weighted by atomic mass is 16.7. The molecule has 0 bridgehead atoms. The SMILES string of the molecule is COC(=O)C(=O)N1C(=O)[C@H]([C@@H](C)OC(=O)OCc2ccc([N+](=O)[O-])cc2)[C@H]1[C@@H]1CCC[C@@H](OC)C1=O. The molecule has 36 heavy (non-hydrogen) atoms. The van der Waals surface area contributed by atoms with E-state index in [1.54, 1.807) is 0 Å². The second-order valence-corrected chi connectivity index (χ2v) is 8.47. The molecule has 0 N–H and O–H groups in total. The van der Waals surface area contributed by atoms with Crippen molar-refractivity contribution < 1.29 is 47.8 Å². The number of methoxy groups -OCH3 is 2. The van der Waals surface area contributed by atoms with Crippen LogP contribution < -0.4 is 0 Å². The Labute approximate surface area is 205 Å². The van der Waals surface area contributed by atoms with Crippen molar-refractivity contribution in [3.8, 4) is 0 Å². The Morgan fingerprint density at radius 3 is 2.39 bits per heavy atom. The molecular formula is C23H26N2O11. The smallest absolute Gasteiger partial charge is 0.462 e. The van der Waals surface area contributed by atoms with Crippen LogP contribution >= 0.6 is 0 Å². The number of ether oxygens (including phenoxy) is 4. The Morgan fingerprint density at radius 2 is 1.81 bits per heavy atom. The summed E-state index contributed by atoms with van der Waals surface area (Å²) in [6.07, 6.45) is -1.48. The Kier molecular flexibility index (Phi) is 8.35. The summed E-state index contributed by atoms with van der Waals surface area (Å²) in [5, 5.41) is 10.7. The zero-order valence-corrected chi connectivity index (χ0v) is 19.9. The number of rotatable bonds is 7. The monoisotopic (exact) mass is 506 g/mol. The highest BCUT2D eigenvalue weighted by molar-refractivity contribution is 6.36. The van der Waals surface area contributed by atoms with Gasteiger partial charge in [0.05, 0.1) is 24.0 Å². The lowest BCUT2D eigenvalue weighted by molar-refractivity contribution is -0.384. The lowest BCUT2D eigenvalue weighted by atomic mass is 9.69. The van der Waals surface area contributed by atoms with E-state index in [9.17, 15) is 34.1 Å². The molecule has 1 saturated heterocycles. The molecule has 1 heterocycles. The number of likely N-dealkylation sites (tertiary alicyclic amines) is 1. The van der Waals surface area contributed by atoms with Crippen molar-refractivity contribution in [2.45, 2.75) is 51.0 Å². The second-order valence-electron chi connectivity index (χ2n) is 8.47. The normalized spacial score (nSPS) is 24.4. The number of non-ortho nitro benzene ring substituents is 1. The molecule has 2 amide bonds. The van der Waals surface area contributed by atoms with E-state index in [0.717, 1.165) is 7.11 Å². The Balaban J connectivity index is 1.71. The molecule has 3 rings (SSSR count). The van der Waals surface area contributed by atoms with Crippen LogP contribution in [0.3, 0.4) is 0 Å². The average Bonchev–Trinajstić information content (AvgIpc) is 2.86. The van der Waals surface area contributed by atoms with Gasteiger partial charge < -0.3 is 18.9 Å². The van der Waals surface area contributed by atoms with E-state index < -0.39 is 58.9 Å². The Hall–Kier alpha value is -3.87. The molecule has 1 aromatic carbocycles. The lowest BCUT2D eigenvalue weighted by Crippen LogP contribution is -2.71. The Morgan fingerprint density at radius 1 is 1.14 bits per heavy atom. The van der Waals surface area contributed by atoms with Gasteiger partial charge in [0.15, 0.2) is 5.78 Å². The fraction of sp³-hybridized carbons (Fsp3) is 0.522. The summed E-state index contributed by atoms with van der Waals surface area (Å²) < 4.78 is 19.9. The number of benzene rings is 1. The maximum absolute atomic E-state index is 13.0. The topological polar surface area (TPSA) is 169 Å². The van der Waals surface area contributed by atoms with Gasteiger partial charge in [0.2, 0.25) is 5.91 Å². The standard InChI is InChI=1S/C23H26N2O11/c1-12(36-23(30)35-11-13-7-9-14(10-8-13)25(31)32)17-18(15-5-4-6-16(33-2)19(15)26)24(20(17)27)21(28)22(29)34-3/h7-10,12,15-18H,4-6,11H2,1-3H3/t12-,15+,16-,17-,18-/m1/s1. The maximum Gasteiger partial charge on any atom is 0.508 e. The molecule has 0 spiro atoms. The van der Waals surface area contributed by atoms with Crippen LogP contribution in [-0.4, -0.2) is 72.0 Å². The zero-order chi connectivity index (χ0) is 26.6. The first-order valence-corrected chi connectivity index (χ1v) is 11.2. The third-order valence-corrected chi connectivity index (χ3v) is 6.42. The summed E-state index contributed by atoms with van der Waals surface area (Å²) in [5.74, 6) is -5.42. The van der Waals surface area contributed by atoms with Crippen molar-refractivity contribution in [1.29, 1.82) is 0 Å². The number of hydrogen-bond donors (Lipinski definition) is 0. The van der Waals surface area contributed by atoms with Gasteiger partial charge >= 0.3 is 18.0 Å². The van der Waals surface area contributed by atoms with E-state index >= 15 is 0 Å². The predicted molar refractivity (Wildman–Crippen MR) is 118 cm³/mol. The highest BCUT2D eigenvalue weighted by Gasteiger charge is 2.60. The van der Waals surface area contributed by atoms with E-state index in [1.807, 2.05) is 0 Å². The minimum Gasteiger partial charge on any atom is -0.462 e. The summed E-state index contributed by atoms with van der Waals surface area (Å²) in [7, 11) is 2.38. The largest absolute Gasteiger partial charge is 0.508 e. The van der Waals surface area contributed by atoms with Crippen LogP contribution in [0.2, 0.25) is 0 Å². The molecule has 2 aliphatic rings. The summed E-state index contributed by atoms with van der Waals surface area (Å²) >= 11 is 0. The summed E-state index contributed by atoms with van der Waals surface area (Å²) in [6, 6.07) is 4.32.